The molecule has 1 saturated heterocycles. The van der Waals surface area contributed by atoms with Crippen LogP contribution in [0, 0.1) is 5.82 Å². The highest BCUT2D eigenvalue weighted by atomic mass is 35.5. The third-order valence-electron chi connectivity index (χ3n) is 4.92. The van der Waals surface area contributed by atoms with E-state index in [0.717, 1.165) is 44.7 Å². The molecule has 0 spiro atoms. The van der Waals surface area contributed by atoms with Gasteiger partial charge in [-0.1, -0.05) is 19.1 Å². The zero-order valence-electron chi connectivity index (χ0n) is 15.7. The number of nitrogens with one attached hydrogen (secondary N) is 1. The first kappa shape index (κ1) is 21.5. The highest BCUT2D eigenvalue weighted by Crippen LogP contribution is 2.25. The number of piperidine rings is 1. The first-order chi connectivity index (χ1) is 12.7. The molecule has 148 valence electrons. The lowest BCUT2D eigenvalue weighted by atomic mass is 10.0. The van der Waals surface area contributed by atoms with Gasteiger partial charge in [-0.2, -0.15) is 0 Å². The van der Waals surface area contributed by atoms with E-state index in [9.17, 15) is 9.18 Å². The molecule has 2 aromatic rings. The second-order valence-corrected chi connectivity index (χ2v) is 6.81. The summed E-state index contributed by atoms with van der Waals surface area (Å²) in [6, 6.07) is 10.5. The molecule has 6 heteroatoms. The van der Waals surface area contributed by atoms with E-state index in [2.05, 4.69) is 12.2 Å². The second kappa shape index (κ2) is 10.5. The number of aryl methyl sites for hydroxylation is 1. The Hall–Kier alpha value is -1.85. The number of nitrogens with zero attached hydrogens (tertiary/aromatic N) is 1. The van der Waals surface area contributed by atoms with E-state index < -0.39 is 0 Å². The number of rotatable bonds is 7. The lowest BCUT2D eigenvalue weighted by Crippen LogP contribution is -2.46. The molecule has 1 aliphatic rings. The fraction of sp³-hybridized carbons (Fsp3) is 0.476. The molecule has 1 fully saturated rings. The fourth-order valence-corrected chi connectivity index (χ4v) is 3.56. The van der Waals surface area contributed by atoms with Gasteiger partial charge in [0, 0.05) is 25.4 Å². The Balaban J connectivity index is 0.00000261. The Morgan fingerprint density at radius 3 is 2.67 bits per heavy atom. The zero-order valence-corrected chi connectivity index (χ0v) is 16.6. The van der Waals surface area contributed by atoms with E-state index in [0.29, 0.717) is 30.2 Å². The van der Waals surface area contributed by atoms with Gasteiger partial charge in [0.15, 0.2) is 0 Å². The van der Waals surface area contributed by atoms with Crippen LogP contribution in [0.25, 0.3) is 11.3 Å². The van der Waals surface area contributed by atoms with Crippen molar-refractivity contribution in [1.82, 2.24) is 10.2 Å². The summed E-state index contributed by atoms with van der Waals surface area (Å²) in [5.41, 5.74) is 0.451. The van der Waals surface area contributed by atoms with Crippen LogP contribution in [-0.2, 0) is 11.2 Å². The molecule has 1 aliphatic heterocycles. The summed E-state index contributed by atoms with van der Waals surface area (Å²) in [6.45, 7) is 4.86. The molecule has 1 aromatic carbocycles. The van der Waals surface area contributed by atoms with E-state index in [1.54, 1.807) is 24.3 Å². The van der Waals surface area contributed by atoms with Crippen LogP contribution >= 0.6 is 12.4 Å². The van der Waals surface area contributed by atoms with Crippen molar-refractivity contribution >= 4 is 18.3 Å². The van der Waals surface area contributed by atoms with E-state index in [-0.39, 0.29) is 24.1 Å². The molecule has 0 bridgehead atoms. The van der Waals surface area contributed by atoms with Crippen molar-refractivity contribution in [3.05, 3.63) is 48.0 Å². The third kappa shape index (κ3) is 5.56. The van der Waals surface area contributed by atoms with Crippen molar-refractivity contribution in [2.45, 2.75) is 45.1 Å². The first-order valence-corrected chi connectivity index (χ1v) is 9.53. The van der Waals surface area contributed by atoms with E-state index in [4.69, 9.17) is 4.42 Å². The van der Waals surface area contributed by atoms with Crippen molar-refractivity contribution in [2.75, 3.05) is 19.6 Å². The molecule has 27 heavy (non-hydrogen) atoms. The zero-order chi connectivity index (χ0) is 18.4. The van der Waals surface area contributed by atoms with Crippen LogP contribution in [0.5, 0.6) is 0 Å². The predicted octanol–water partition coefficient (Wildman–Crippen LogP) is 4.43. The van der Waals surface area contributed by atoms with E-state index in [1.807, 2.05) is 11.0 Å². The molecule has 0 radical (unpaired) electrons. The minimum atomic E-state index is -0.301. The van der Waals surface area contributed by atoms with Gasteiger partial charge in [0.1, 0.15) is 17.3 Å². The van der Waals surface area contributed by atoms with Crippen LogP contribution in [0.2, 0.25) is 0 Å². The topological polar surface area (TPSA) is 45.5 Å². The molecule has 4 nitrogen and oxygen atoms in total. The van der Waals surface area contributed by atoms with Crippen molar-refractivity contribution in [1.29, 1.82) is 0 Å². The molecule has 0 unspecified atom stereocenters. The third-order valence-corrected chi connectivity index (χ3v) is 4.92. The lowest BCUT2D eigenvalue weighted by Gasteiger charge is -2.34. The first-order valence-electron chi connectivity index (χ1n) is 9.53. The molecule has 1 aromatic heterocycles. The van der Waals surface area contributed by atoms with Crippen LogP contribution < -0.4 is 5.32 Å². The molecule has 0 aliphatic carbocycles. The minimum absolute atomic E-state index is 0. The normalized spacial score (nSPS) is 14.6. The molecule has 3 rings (SSSR count). The Morgan fingerprint density at radius 2 is 1.96 bits per heavy atom. The number of carbonyl (C=O) groups excluding carboxylic acids is 1. The molecule has 0 atom stereocenters. The highest BCUT2D eigenvalue weighted by molar-refractivity contribution is 5.85. The van der Waals surface area contributed by atoms with Gasteiger partial charge in [-0.15, -0.1) is 12.4 Å². The number of halogens is 2. The summed E-state index contributed by atoms with van der Waals surface area (Å²) in [5, 5.41) is 3.35. The van der Waals surface area contributed by atoms with E-state index >= 15 is 0 Å². The van der Waals surface area contributed by atoms with Crippen molar-refractivity contribution in [3.8, 4) is 11.3 Å². The number of benzene rings is 1. The van der Waals surface area contributed by atoms with Gasteiger partial charge in [-0.25, -0.2) is 4.39 Å². The fourth-order valence-electron chi connectivity index (χ4n) is 3.56. The van der Waals surface area contributed by atoms with Gasteiger partial charge in [-0.05, 0) is 56.6 Å². The number of hydrogen-bond donors (Lipinski definition) is 1. The summed E-state index contributed by atoms with van der Waals surface area (Å²) in [5.74, 6) is 1.11. The predicted molar refractivity (Wildman–Crippen MR) is 108 cm³/mol. The van der Waals surface area contributed by atoms with Gasteiger partial charge in [0.05, 0.1) is 5.56 Å². The average Bonchev–Trinajstić information content (AvgIpc) is 3.14. The van der Waals surface area contributed by atoms with Gasteiger partial charge in [-0.3, -0.25) is 4.79 Å². The Bertz CT molecular complexity index is 728. The summed E-state index contributed by atoms with van der Waals surface area (Å²) in [6.07, 6.45) is 3.97. The Kier molecular flexibility index (Phi) is 8.32. The molecule has 0 saturated carbocycles. The standard InChI is InChI=1S/C21H27FN2O2.ClH/c1-2-15-24(16-11-13-23-14-12-16)21(25)10-8-17-7-9-20(26-17)18-5-3-4-6-19(18)22;/h3-7,9,16,23H,2,8,10-15H2,1H3;1H. The minimum Gasteiger partial charge on any atom is -0.461 e. The Labute approximate surface area is 166 Å². The van der Waals surface area contributed by atoms with Crippen molar-refractivity contribution < 1.29 is 13.6 Å². The second-order valence-electron chi connectivity index (χ2n) is 6.81. The summed E-state index contributed by atoms with van der Waals surface area (Å²) < 4.78 is 19.6. The van der Waals surface area contributed by atoms with Crippen LogP contribution in [0.4, 0.5) is 4.39 Å². The van der Waals surface area contributed by atoms with Crippen LogP contribution in [-0.4, -0.2) is 36.5 Å². The lowest BCUT2D eigenvalue weighted by molar-refractivity contribution is -0.134. The summed E-state index contributed by atoms with van der Waals surface area (Å²) in [7, 11) is 0. The highest BCUT2D eigenvalue weighted by Gasteiger charge is 2.24. The van der Waals surface area contributed by atoms with Crippen LogP contribution in [0.15, 0.2) is 40.8 Å². The smallest absolute Gasteiger partial charge is 0.223 e. The monoisotopic (exact) mass is 394 g/mol. The van der Waals surface area contributed by atoms with Crippen LogP contribution in [0.3, 0.4) is 0 Å². The van der Waals surface area contributed by atoms with Gasteiger partial charge >= 0.3 is 0 Å². The number of carbonyl (C=O) groups is 1. The molecule has 1 N–H and O–H groups in total. The summed E-state index contributed by atoms with van der Waals surface area (Å²) in [4.78, 5) is 14.8. The molecule has 2 heterocycles. The largest absolute Gasteiger partial charge is 0.461 e. The molecular weight excluding hydrogens is 367 g/mol. The number of furan rings is 1. The van der Waals surface area contributed by atoms with Crippen molar-refractivity contribution in [3.63, 3.8) is 0 Å². The quantitative estimate of drug-likeness (QED) is 0.755. The average molecular weight is 395 g/mol. The maximum Gasteiger partial charge on any atom is 0.223 e. The van der Waals surface area contributed by atoms with Gasteiger partial charge in [0.25, 0.3) is 0 Å². The SMILES string of the molecule is CCCN(C(=O)CCc1ccc(-c2ccccc2F)o1)C1CCNCC1.Cl. The molecular formula is C21H28ClFN2O2. The van der Waals surface area contributed by atoms with Crippen molar-refractivity contribution in [2.24, 2.45) is 0 Å². The van der Waals surface area contributed by atoms with Gasteiger partial charge in [0.2, 0.25) is 5.91 Å². The summed E-state index contributed by atoms with van der Waals surface area (Å²) >= 11 is 0. The van der Waals surface area contributed by atoms with E-state index in [1.165, 1.54) is 6.07 Å². The Morgan fingerprint density at radius 1 is 1.22 bits per heavy atom. The molecule has 1 amide bonds. The number of amides is 1. The van der Waals surface area contributed by atoms with Gasteiger partial charge < -0.3 is 14.6 Å². The van der Waals surface area contributed by atoms with Crippen LogP contribution in [0.1, 0.15) is 38.4 Å². The number of hydrogen-bond acceptors (Lipinski definition) is 3. The maximum absolute atomic E-state index is 13.9. The maximum atomic E-state index is 13.9.